The van der Waals surface area contributed by atoms with E-state index in [2.05, 4.69) is 15.8 Å². The van der Waals surface area contributed by atoms with E-state index in [-0.39, 0.29) is 18.4 Å². The monoisotopic (exact) mass is 260 g/mol. The van der Waals surface area contributed by atoms with Gasteiger partial charge in [-0.25, -0.2) is 0 Å². The fourth-order valence-electron chi connectivity index (χ4n) is 1.58. The highest BCUT2D eigenvalue weighted by molar-refractivity contribution is 8.04. The highest BCUT2D eigenvalue weighted by Crippen LogP contribution is 2.27. The van der Waals surface area contributed by atoms with Gasteiger partial charge in [0.15, 0.2) is 0 Å². The predicted octanol–water partition coefficient (Wildman–Crippen LogP) is 1.04. The number of carbonyl (C=O) groups is 1. The molecule has 2 rings (SSSR count). The number of amides is 1. The van der Waals surface area contributed by atoms with E-state index < -0.39 is 0 Å². The Morgan fingerprint density at radius 1 is 1.67 bits per heavy atom. The van der Waals surface area contributed by atoms with Crippen molar-refractivity contribution in [2.75, 3.05) is 5.75 Å². The number of hydrogen-bond acceptors (Lipinski definition) is 5. The number of hydrogen-bond donors (Lipinski definition) is 2. The Kier molecular flexibility index (Phi) is 4.20. The molecule has 18 heavy (non-hydrogen) atoms. The number of nitriles is 1. The molecule has 1 unspecified atom stereocenters. The number of rotatable bonds is 3. The molecule has 0 saturated carbocycles. The molecule has 92 valence electrons. The van der Waals surface area contributed by atoms with E-state index in [9.17, 15) is 4.79 Å². The SMILES string of the molecule is N#CCC=NNC1C=CC=CC1=C1NC(=O)CS1. The fourth-order valence-corrected chi connectivity index (χ4v) is 2.48. The molecule has 1 atom stereocenters. The Bertz CT molecular complexity index is 499. The molecule has 6 heteroatoms. The molecule has 1 aliphatic heterocycles. The second-order valence-electron chi connectivity index (χ2n) is 3.65. The summed E-state index contributed by atoms with van der Waals surface area (Å²) < 4.78 is 0. The van der Waals surface area contributed by atoms with Crippen LogP contribution in [0.2, 0.25) is 0 Å². The Morgan fingerprint density at radius 2 is 2.56 bits per heavy atom. The van der Waals surface area contributed by atoms with Gasteiger partial charge in [-0.05, 0) is 0 Å². The third-order valence-corrected chi connectivity index (χ3v) is 3.41. The highest BCUT2D eigenvalue weighted by Gasteiger charge is 2.22. The zero-order chi connectivity index (χ0) is 12.8. The van der Waals surface area contributed by atoms with Crippen molar-refractivity contribution in [2.45, 2.75) is 12.5 Å². The molecule has 1 saturated heterocycles. The Morgan fingerprint density at radius 3 is 3.28 bits per heavy atom. The smallest absolute Gasteiger partial charge is 0.235 e. The maximum absolute atomic E-state index is 11.2. The number of nitrogens with one attached hydrogen (secondary N) is 2. The van der Waals surface area contributed by atoms with Gasteiger partial charge in [0, 0.05) is 11.8 Å². The largest absolute Gasteiger partial charge is 0.320 e. The summed E-state index contributed by atoms with van der Waals surface area (Å²) in [6.45, 7) is 0. The van der Waals surface area contributed by atoms with E-state index in [0.29, 0.717) is 5.75 Å². The molecule has 1 heterocycles. The Hall–Kier alpha value is -2.00. The fraction of sp³-hybridized carbons (Fsp3) is 0.250. The molecular formula is C12H12N4OS. The maximum Gasteiger partial charge on any atom is 0.235 e. The van der Waals surface area contributed by atoms with Gasteiger partial charge in [0.1, 0.15) is 0 Å². The lowest BCUT2D eigenvalue weighted by Crippen LogP contribution is -2.28. The molecule has 0 aromatic rings. The normalized spacial score (nSPS) is 26.4. The number of hydrazone groups is 1. The van der Waals surface area contributed by atoms with Crippen molar-refractivity contribution in [3.05, 3.63) is 34.9 Å². The third-order valence-electron chi connectivity index (χ3n) is 2.38. The first kappa shape index (κ1) is 12.5. The lowest BCUT2D eigenvalue weighted by atomic mass is 10.0. The van der Waals surface area contributed by atoms with E-state index in [1.165, 1.54) is 18.0 Å². The summed E-state index contributed by atoms with van der Waals surface area (Å²) in [4.78, 5) is 11.2. The molecule has 5 nitrogen and oxygen atoms in total. The molecule has 0 aromatic carbocycles. The van der Waals surface area contributed by atoms with Crippen LogP contribution in [-0.2, 0) is 4.79 Å². The lowest BCUT2D eigenvalue weighted by molar-refractivity contribution is -0.117. The van der Waals surface area contributed by atoms with Crippen LogP contribution in [0, 0.1) is 11.3 Å². The quantitative estimate of drug-likeness (QED) is 0.587. The maximum atomic E-state index is 11.2. The van der Waals surface area contributed by atoms with Crippen LogP contribution < -0.4 is 10.7 Å². The summed E-state index contributed by atoms with van der Waals surface area (Å²) in [5.74, 6) is 0.484. The van der Waals surface area contributed by atoms with E-state index >= 15 is 0 Å². The molecule has 0 radical (unpaired) electrons. The van der Waals surface area contributed by atoms with Crippen molar-refractivity contribution in [1.82, 2.24) is 10.7 Å². The Labute approximate surface area is 109 Å². The molecule has 1 amide bonds. The summed E-state index contributed by atoms with van der Waals surface area (Å²) in [7, 11) is 0. The second-order valence-corrected chi connectivity index (χ2v) is 4.63. The third kappa shape index (κ3) is 3.02. The van der Waals surface area contributed by atoms with Crippen LogP contribution in [-0.4, -0.2) is 23.9 Å². The zero-order valence-corrected chi connectivity index (χ0v) is 10.4. The topological polar surface area (TPSA) is 77.3 Å². The number of thioether (sulfide) groups is 1. The molecule has 2 N–H and O–H groups in total. The molecule has 1 fully saturated rings. The molecule has 0 spiro atoms. The van der Waals surface area contributed by atoms with Crippen molar-refractivity contribution in [2.24, 2.45) is 5.10 Å². The van der Waals surface area contributed by atoms with Gasteiger partial charge in [-0.15, -0.1) is 0 Å². The van der Waals surface area contributed by atoms with Crippen molar-refractivity contribution < 1.29 is 4.79 Å². The van der Waals surface area contributed by atoms with Crippen LogP contribution in [0.1, 0.15) is 6.42 Å². The van der Waals surface area contributed by atoms with Crippen LogP contribution in [0.15, 0.2) is 40.0 Å². The van der Waals surface area contributed by atoms with Gasteiger partial charge in [-0.3, -0.25) is 10.2 Å². The second kappa shape index (κ2) is 6.07. The number of nitrogens with zero attached hydrogens (tertiary/aromatic N) is 2. The van der Waals surface area contributed by atoms with E-state index in [4.69, 9.17) is 5.26 Å². The van der Waals surface area contributed by atoms with Crippen LogP contribution in [0.3, 0.4) is 0 Å². The zero-order valence-electron chi connectivity index (χ0n) is 9.59. The van der Waals surface area contributed by atoms with E-state index in [1.54, 1.807) is 0 Å². The first-order chi connectivity index (χ1) is 8.81. The average Bonchev–Trinajstić information content (AvgIpc) is 2.82. The average molecular weight is 260 g/mol. The van der Waals surface area contributed by atoms with Gasteiger partial charge in [0.25, 0.3) is 0 Å². The van der Waals surface area contributed by atoms with Gasteiger partial charge < -0.3 is 5.32 Å². The van der Waals surface area contributed by atoms with Gasteiger partial charge >= 0.3 is 0 Å². The van der Waals surface area contributed by atoms with Gasteiger partial charge in [-0.2, -0.15) is 10.4 Å². The highest BCUT2D eigenvalue weighted by atomic mass is 32.2. The first-order valence-electron chi connectivity index (χ1n) is 5.47. The first-order valence-corrected chi connectivity index (χ1v) is 6.45. The van der Waals surface area contributed by atoms with Gasteiger partial charge in [-0.1, -0.05) is 36.1 Å². The number of allylic oxidation sites excluding steroid dienone is 2. The minimum Gasteiger partial charge on any atom is -0.320 e. The minimum atomic E-state index is -0.0779. The lowest BCUT2D eigenvalue weighted by Gasteiger charge is -2.18. The standard InChI is InChI=1S/C12H12N4OS/c13-6-3-7-14-16-10-5-2-1-4-9(10)12-15-11(17)8-18-12/h1-2,4-5,7,10,16H,3,8H2,(H,15,17). The summed E-state index contributed by atoms with van der Waals surface area (Å²) in [5.41, 5.74) is 3.94. The van der Waals surface area contributed by atoms with Gasteiger partial charge in [0.05, 0.1) is 29.3 Å². The van der Waals surface area contributed by atoms with Crippen molar-refractivity contribution in [3.63, 3.8) is 0 Å². The van der Waals surface area contributed by atoms with Crippen molar-refractivity contribution in [1.29, 1.82) is 5.26 Å². The van der Waals surface area contributed by atoms with E-state index in [1.807, 2.05) is 30.4 Å². The number of carbonyl (C=O) groups excluding carboxylic acids is 1. The summed E-state index contributed by atoms with van der Waals surface area (Å²) in [6, 6.07) is 1.91. The van der Waals surface area contributed by atoms with Crippen LogP contribution in [0.4, 0.5) is 0 Å². The summed E-state index contributed by atoms with van der Waals surface area (Å²) >= 11 is 1.49. The van der Waals surface area contributed by atoms with Crippen LogP contribution >= 0.6 is 11.8 Å². The predicted molar refractivity (Wildman–Crippen MR) is 71.6 cm³/mol. The molecule has 2 aliphatic rings. The van der Waals surface area contributed by atoms with Crippen molar-refractivity contribution >= 4 is 23.9 Å². The molecule has 0 bridgehead atoms. The molecule has 0 aromatic heterocycles. The van der Waals surface area contributed by atoms with Gasteiger partial charge in [0.2, 0.25) is 5.91 Å². The summed E-state index contributed by atoms with van der Waals surface area (Å²) in [6.07, 6.45) is 9.54. The van der Waals surface area contributed by atoms with E-state index in [0.717, 1.165) is 10.6 Å². The summed E-state index contributed by atoms with van der Waals surface area (Å²) in [5, 5.41) is 16.1. The van der Waals surface area contributed by atoms with Crippen LogP contribution in [0.25, 0.3) is 0 Å². The Balaban J connectivity index is 2.08. The van der Waals surface area contributed by atoms with Crippen molar-refractivity contribution in [3.8, 4) is 6.07 Å². The molecule has 1 aliphatic carbocycles. The molecular weight excluding hydrogens is 248 g/mol. The van der Waals surface area contributed by atoms with Crippen LogP contribution in [0.5, 0.6) is 0 Å². The minimum absolute atomic E-state index is 0.0252.